The monoisotopic (exact) mass is 334 g/mol. The zero-order chi connectivity index (χ0) is 16.9. The topological polar surface area (TPSA) is 69.6 Å². The molecule has 0 radical (unpaired) electrons. The second-order valence-electron chi connectivity index (χ2n) is 8.95. The van der Waals surface area contributed by atoms with Crippen LogP contribution in [0, 0.1) is 23.2 Å². The summed E-state index contributed by atoms with van der Waals surface area (Å²) >= 11 is 0. The number of carbonyl (C=O) groups excluding carboxylic acids is 1. The summed E-state index contributed by atoms with van der Waals surface area (Å²) < 4.78 is 0. The van der Waals surface area contributed by atoms with Gasteiger partial charge in [-0.1, -0.05) is 6.92 Å². The van der Waals surface area contributed by atoms with E-state index in [2.05, 4.69) is 5.32 Å². The first kappa shape index (κ1) is 16.4. The lowest BCUT2D eigenvalue weighted by Crippen LogP contribution is -2.59. The first-order valence-electron chi connectivity index (χ1n) is 9.74. The molecule has 4 bridgehead atoms. The molecule has 5 nitrogen and oxygen atoms in total. The van der Waals surface area contributed by atoms with Crippen molar-refractivity contribution in [2.45, 2.75) is 70.4 Å². The summed E-state index contributed by atoms with van der Waals surface area (Å²) in [5.74, 6) is 1.93. The maximum absolute atomic E-state index is 13.0. The van der Waals surface area contributed by atoms with Crippen LogP contribution >= 0.6 is 0 Å². The third-order valence-corrected chi connectivity index (χ3v) is 7.23. The number of carbonyl (C=O) groups is 2. The van der Waals surface area contributed by atoms with Crippen molar-refractivity contribution in [2.75, 3.05) is 13.1 Å². The number of amides is 1. The Balaban J connectivity index is 1.31. The summed E-state index contributed by atoms with van der Waals surface area (Å²) in [5.41, 5.74) is -0.0641. The molecule has 0 atom stereocenters. The first-order valence-corrected chi connectivity index (χ1v) is 9.74. The van der Waals surface area contributed by atoms with E-state index >= 15 is 0 Å². The van der Waals surface area contributed by atoms with Crippen molar-refractivity contribution >= 4 is 11.9 Å². The second-order valence-corrected chi connectivity index (χ2v) is 8.95. The van der Waals surface area contributed by atoms with Crippen LogP contribution in [0.1, 0.15) is 58.3 Å². The van der Waals surface area contributed by atoms with Gasteiger partial charge in [-0.2, -0.15) is 0 Å². The van der Waals surface area contributed by atoms with Crippen LogP contribution in [0.4, 0.5) is 0 Å². The third-order valence-electron chi connectivity index (χ3n) is 7.23. The highest BCUT2D eigenvalue weighted by atomic mass is 16.4. The quantitative estimate of drug-likeness (QED) is 0.782. The number of nitrogens with one attached hydrogen (secondary N) is 1. The Hall–Kier alpha value is -1.10. The zero-order valence-electron chi connectivity index (χ0n) is 14.7. The van der Waals surface area contributed by atoms with Crippen molar-refractivity contribution in [3.05, 3.63) is 0 Å². The molecule has 5 fully saturated rings. The number of carboxylic acid groups (broad SMARTS) is 1. The molecule has 5 heteroatoms. The van der Waals surface area contributed by atoms with Gasteiger partial charge in [0.25, 0.3) is 0 Å². The molecule has 0 aromatic rings. The Bertz CT molecular complexity index is 491. The molecule has 0 aliphatic heterocycles. The maximum Gasteiger partial charge on any atom is 0.317 e. The molecule has 5 aliphatic rings. The van der Waals surface area contributed by atoms with Crippen LogP contribution in [0.2, 0.25) is 0 Å². The van der Waals surface area contributed by atoms with Crippen LogP contribution in [-0.2, 0) is 9.59 Å². The Morgan fingerprint density at radius 1 is 1.04 bits per heavy atom. The van der Waals surface area contributed by atoms with Gasteiger partial charge in [-0.15, -0.1) is 0 Å². The lowest BCUT2D eigenvalue weighted by Gasteiger charge is -2.56. The number of likely N-dealkylation sites (N-methyl/N-ethyl adjacent to an activating group) is 1. The Kier molecular flexibility index (Phi) is 4.10. The van der Waals surface area contributed by atoms with Crippen molar-refractivity contribution in [1.82, 2.24) is 10.2 Å². The van der Waals surface area contributed by atoms with Crippen molar-refractivity contribution in [3.63, 3.8) is 0 Å². The molecule has 2 N–H and O–H groups in total. The lowest BCUT2D eigenvalue weighted by molar-refractivity contribution is -0.148. The molecule has 5 aliphatic carbocycles. The molecule has 0 saturated heterocycles. The van der Waals surface area contributed by atoms with E-state index in [-0.39, 0.29) is 18.0 Å². The van der Waals surface area contributed by atoms with Crippen LogP contribution in [-0.4, -0.2) is 47.1 Å². The molecule has 0 aromatic heterocycles. The van der Waals surface area contributed by atoms with E-state index in [0.29, 0.717) is 11.9 Å². The minimum atomic E-state index is -0.766. The van der Waals surface area contributed by atoms with Crippen molar-refractivity contribution in [1.29, 1.82) is 0 Å². The second kappa shape index (κ2) is 6.01. The minimum absolute atomic E-state index is 0.0641. The van der Waals surface area contributed by atoms with Crippen LogP contribution in [0.15, 0.2) is 0 Å². The summed E-state index contributed by atoms with van der Waals surface area (Å²) in [6.07, 6.45) is 9.22. The average molecular weight is 334 g/mol. The fourth-order valence-corrected chi connectivity index (χ4v) is 6.40. The minimum Gasteiger partial charge on any atom is -0.480 e. The van der Waals surface area contributed by atoms with Gasteiger partial charge < -0.3 is 10.4 Å². The molecule has 24 heavy (non-hydrogen) atoms. The van der Waals surface area contributed by atoms with Gasteiger partial charge in [-0.3, -0.25) is 14.5 Å². The van der Waals surface area contributed by atoms with Crippen LogP contribution in [0.3, 0.4) is 0 Å². The molecule has 0 heterocycles. The molecule has 0 spiro atoms. The molecular formula is C19H30N2O3. The van der Waals surface area contributed by atoms with Gasteiger partial charge in [0, 0.05) is 17.5 Å². The molecule has 5 rings (SSSR count). The van der Waals surface area contributed by atoms with E-state index in [1.54, 1.807) is 0 Å². The smallest absolute Gasteiger partial charge is 0.317 e. The summed E-state index contributed by atoms with van der Waals surface area (Å²) in [6.45, 7) is 2.87. The van der Waals surface area contributed by atoms with E-state index < -0.39 is 5.97 Å². The number of rotatable bonds is 6. The average Bonchev–Trinajstić information content (AvgIpc) is 2.46. The van der Waals surface area contributed by atoms with Crippen molar-refractivity contribution < 1.29 is 14.7 Å². The zero-order valence-corrected chi connectivity index (χ0v) is 14.7. The standard InChI is InChI=1S/C19H30N2O3/c1-2-21(11-17(22)23)16-6-15(7-16)20-18(24)19-8-12-3-13(9-19)5-14(4-12)10-19/h12-16H,2-11H2,1H3,(H,20,24)(H,22,23). The highest BCUT2D eigenvalue weighted by molar-refractivity contribution is 5.83. The fraction of sp³-hybridized carbons (Fsp3) is 0.895. The highest BCUT2D eigenvalue weighted by Crippen LogP contribution is 2.60. The summed E-state index contributed by atoms with van der Waals surface area (Å²) in [7, 11) is 0. The molecular weight excluding hydrogens is 304 g/mol. The number of aliphatic carboxylic acids is 1. The van der Waals surface area contributed by atoms with Crippen LogP contribution in [0.25, 0.3) is 0 Å². The summed E-state index contributed by atoms with van der Waals surface area (Å²) in [6, 6.07) is 0.561. The lowest BCUT2D eigenvalue weighted by atomic mass is 9.49. The van der Waals surface area contributed by atoms with E-state index in [4.69, 9.17) is 5.11 Å². The van der Waals surface area contributed by atoms with E-state index in [0.717, 1.165) is 56.4 Å². The predicted molar refractivity (Wildman–Crippen MR) is 90.4 cm³/mol. The maximum atomic E-state index is 13.0. The molecule has 134 valence electrons. The number of hydrogen-bond acceptors (Lipinski definition) is 3. The molecule has 0 unspecified atom stereocenters. The van der Waals surface area contributed by atoms with Crippen LogP contribution < -0.4 is 5.32 Å². The van der Waals surface area contributed by atoms with Gasteiger partial charge in [-0.05, 0) is 75.7 Å². The van der Waals surface area contributed by atoms with Gasteiger partial charge in [0.1, 0.15) is 0 Å². The molecule has 0 aromatic carbocycles. The third kappa shape index (κ3) is 2.85. The van der Waals surface area contributed by atoms with Crippen molar-refractivity contribution in [2.24, 2.45) is 23.2 Å². The van der Waals surface area contributed by atoms with Gasteiger partial charge in [0.15, 0.2) is 0 Å². The number of carboxylic acids is 1. The predicted octanol–water partition coefficient (Wildman–Crippen LogP) is 2.26. The fourth-order valence-electron chi connectivity index (χ4n) is 6.40. The Morgan fingerprint density at radius 2 is 1.58 bits per heavy atom. The van der Waals surface area contributed by atoms with E-state index in [1.165, 1.54) is 19.3 Å². The van der Waals surface area contributed by atoms with Gasteiger partial charge in [-0.25, -0.2) is 0 Å². The first-order chi connectivity index (χ1) is 11.5. The SMILES string of the molecule is CCN(CC(=O)O)C1CC(NC(=O)C23CC4CC(CC(C4)C2)C3)C1. The molecule has 1 amide bonds. The van der Waals surface area contributed by atoms with Crippen LogP contribution in [0.5, 0.6) is 0 Å². The Labute approximate surface area is 144 Å². The van der Waals surface area contributed by atoms with E-state index in [1.807, 2.05) is 11.8 Å². The normalized spacial score (nSPS) is 42.8. The molecule has 5 saturated carbocycles. The number of nitrogens with zero attached hydrogens (tertiary/aromatic N) is 1. The van der Waals surface area contributed by atoms with E-state index in [9.17, 15) is 9.59 Å². The van der Waals surface area contributed by atoms with Gasteiger partial charge in [0.05, 0.1) is 6.54 Å². The highest BCUT2D eigenvalue weighted by Gasteiger charge is 2.55. The van der Waals surface area contributed by atoms with Gasteiger partial charge in [0.2, 0.25) is 5.91 Å². The summed E-state index contributed by atoms with van der Waals surface area (Å²) in [4.78, 5) is 25.9. The van der Waals surface area contributed by atoms with Crippen molar-refractivity contribution in [3.8, 4) is 0 Å². The summed E-state index contributed by atoms with van der Waals surface area (Å²) in [5, 5.41) is 12.3. The number of hydrogen-bond donors (Lipinski definition) is 2. The van der Waals surface area contributed by atoms with Gasteiger partial charge >= 0.3 is 5.97 Å². The largest absolute Gasteiger partial charge is 0.480 e. The Morgan fingerprint density at radius 3 is 2.04 bits per heavy atom.